The van der Waals surface area contributed by atoms with Gasteiger partial charge >= 0.3 is 16.4 Å². The van der Waals surface area contributed by atoms with Gasteiger partial charge in [-0.15, -0.1) is 4.28 Å². The Morgan fingerprint density at radius 2 is 1.84 bits per heavy atom. The van der Waals surface area contributed by atoms with Gasteiger partial charge in [0.2, 0.25) is 5.91 Å². The Hall–Kier alpha value is -2.06. The number of carbonyl (C=O) groups excluding carboxylic acids is 3. The van der Waals surface area contributed by atoms with Crippen molar-refractivity contribution < 1.29 is 40.4 Å². The summed E-state index contributed by atoms with van der Waals surface area (Å²) in [5.74, 6) is -6.41. The summed E-state index contributed by atoms with van der Waals surface area (Å²) in [6, 6.07) is -2.66. The number of alkyl halides is 2. The monoisotopic (exact) mass is 384 g/mol. The summed E-state index contributed by atoms with van der Waals surface area (Å²) >= 11 is 0. The number of nitrogens with zero attached hydrogens (tertiary/aromatic N) is 2. The van der Waals surface area contributed by atoms with Crippen molar-refractivity contribution in [2.75, 3.05) is 6.54 Å². The van der Waals surface area contributed by atoms with Gasteiger partial charge in [0.05, 0.1) is 6.04 Å². The van der Waals surface area contributed by atoms with Gasteiger partial charge in [0.15, 0.2) is 0 Å². The van der Waals surface area contributed by atoms with Crippen LogP contribution in [0.5, 0.6) is 0 Å². The van der Waals surface area contributed by atoms with E-state index in [-0.39, 0.29) is 19.4 Å². The first kappa shape index (κ1) is 17.8. The van der Waals surface area contributed by atoms with Crippen LogP contribution in [0.4, 0.5) is 13.6 Å². The van der Waals surface area contributed by atoms with Crippen LogP contribution < -0.4 is 10.9 Å². The van der Waals surface area contributed by atoms with E-state index in [4.69, 9.17) is 4.55 Å². The number of carbonyl (C=O) groups is 3. The standard InChI is InChI=1S/C11H14F2N4O7S/c12-11(13)3-6(11)8(18)14-15-9(19)7-2-1-5-4-16(7)10(20)17(5)24-25(21,22)23/h5-7H,1-4H2,(H,14,18)(H,15,19)(H,21,22,23)/t5-,6?,7+/m0/s1. The van der Waals surface area contributed by atoms with E-state index in [2.05, 4.69) is 4.28 Å². The minimum absolute atomic E-state index is 0.0267. The fourth-order valence-electron chi connectivity index (χ4n) is 2.90. The molecule has 0 aromatic carbocycles. The number of halogens is 2. The smallest absolute Gasteiger partial charge is 0.309 e. The second kappa shape index (κ2) is 5.74. The quantitative estimate of drug-likeness (QED) is 0.407. The van der Waals surface area contributed by atoms with Gasteiger partial charge in [0.25, 0.3) is 11.8 Å². The minimum Gasteiger partial charge on any atom is -0.309 e. The van der Waals surface area contributed by atoms with Crippen LogP contribution in [0.2, 0.25) is 0 Å². The van der Waals surface area contributed by atoms with Gasteiger partial charge < -0.3 is 4.90 Å². The number of piperidine rings is 1. The molecular formula is C11H14F2N4O7S. The maximum atomic E-state index is 12.8. The van der Waals surface area contributed by atoms with Crippen molar-refractivity contribution in [3.63, 3.8) is 0 Å². The van der Waals surface area contributed by atoms with Gasteiger partial charge in [-0.2, -0.15) is 13.5 Å². The van der Waals surface area contributed by atoms with Crippen LogP contribution in [0, 0.1) is 5.92 Å². The highest BCUT2D eigenvalue weighted by Gasteiger charge is 2.61. The Labute approximate surface area is 140 Å². The highest BCUT2D eigenvalue weighted by atomic mass is 32.3. The van der Waals surface area contributed by atoms with Crippen molar-refractivity contribution in [1.82, 2.24) is 20.8 Å². The molecule has 3 rings (SSSR count). The first-order valence-electron chi connectivity index (χ1n) is 7.24. The molecule has 3 N–H and O–H groups in total. The first-order valence-corrected chi connectivity index (χ1v) is 8.60. The molecule has 2 aliphatic heterocycles. The molecular weight excluding hydrogens is 370 g/mol. The molecule has 1 aliphatic carbocycles. The molecule has 2 bridgehead atoms. The average molecular weight is 384 g/mol. The number of fused-ring (bicyclic) bond motifs is 2. The fraction of sp³-hybridized carbons (Fsp3) is 0.727. The predicted molar refractivity (Wildman–Crippen MR) is 72.7 cm³/mol. The maximum Gasteiger partial charge on any atom is 0.418 e. The molecule has 4 amide bonds. The molecule has 0 spiro atoms. The number of rotatable bonds is 4. The Balaban J connectivity index is 1.58. The topological polar surface area (TPSA) is 145 Å². The lowest BCUT2D eigenvalue weighted by Gasteiger charge is -2.29. The van der Waals surface area contributed by atoms with E-state index in [9.17, 15) is 31.6 Å². The summed E-state index contributed by atoms with van der Waals surface area (Å²) in [6.07, 6.45) is -0.264. The third-order valence-corrected chi connectivity index (χ3v) is 4.60. The molecule has 2 saturated heterocycles. The number of hydrazine groups is 1. The number of hydrogen-bond acceptors (Lipinski definition) is 6. The Kier molecular flexibility index (Phi) is 4.08. The molecule has 11 nitrogen and oxygen atoms in total. The Morgan fingerprint density at radius 1 is 1.24 bits per heavy atom. The van der Waals surface area contributed by atoms with Crippen molar-refractivity contribution in [2.24, 2.45) is 5.92 Å². The van der Waals surface area contributed by atoms with E-state index in [1.165, 1.54) is 0 Å². The van der Waals surface area contributed by atoms with E-state index in [0.29, 0.717) is 5.06 Å². The summed E-state index contributed by atoms with van der Waals surface area (Å²) in [5.41, 5.74) is 3.87. The molecule has 0 radical (unpaired) electrons. The summed E-state index contributed by atoms with van der Waals surface area (Å²) in [7, 11) is -4.90. The van der Waals surface area contributed by atoms with Crippen LogP contribution in [0.1, 0.15) is 19.3 Å². The molecule has 0 aromatic rings. The lowest BCUT2D eigenvalue weighted by Crippen LogP contribution is -2.54. The number of nitrogens with one attached hydrogen (secondary N) is 2. The van der Waals surface area contributed by atoms with E-state index in [1.807, 2.05) is 10.9 Å². The number of hydroxylamine groups is 2. The second-order valence-corrected chi connectivity index (χ2v) is 7.01. The van der Waals surface area contributed by atoms with Gasteiger partial charge in [0.1, 0.15) is 12.0 Å². The van der Waals surface area contributed by atoms with Crippen LogP contribution in [-0.2, 0) is 24.3 Å². The van der Waals surface area contributed by atoms with Crippen LogP contribution in [-0.4, -0.2) is 65.3 Å². The number of amides is 4. The summed E-state index contributed by atoms with van der Waals surface area (Å²) in [5, 5.41) is 0.464. The maximum absolute atomic E-state index is 12.8. The van der Waals surface area contributed by atoms with Gasteiger partial charge in [-0.05, 0) is 12.8 Å². The largest absolute Gasteiger partial charge is 0.418 e. The van der Waals surface area contributed by atoms with Crippen molar-refractivity contribution in [2.45, 2.75) is 37.3 Å². The number of urea groups is 1. The normalized spacial score (nSPS) is 30.2. The summed E-state index contributed by atoms with van der Waals surface area (Å²) < 4.78 is 59.9. The van der Waals surface area contributed by atoms with E-state index in [1.54, 1.807) is 0 Å². The van der Waals surface area contributed by atoms with Crippen LogP contribution >= 0.6 is 0 Å². The van der Waals surface area contributed by atoms with Gasteiger partial charge in [-0.3, -0.25) is 25.0 Å². The van der Waals surface area contributed by atoms with E-state index >= 15 is 0 Å². The lowest BCUT2D eigenvalue weighted by molar-refractivity contribution is -0.133. The zero-order chi connectivity index (χ0) is 18.6. The third kappa shape index (κ3) is 3.50. The van der Waals surface area contributed by atoms with Gasteiger partial charge in [0, 0.05) is 13.0 Å². The molecule has 2 heterocycles. The van der Waals surface area contributed by atoms with Crippen molar-refractivity contribution in [3.8, 4) is 0 Å². The summed E-state index contributed by atoms with van der Waals surface area (Å²) in [6.45, 7) is -0.0267. The van der Waals surface area contributed by atoms with E-state index in [0.717, 1.165) is 4.90 Å². The zero-order valence-corrected chi connectivity index (χ0v) is 13.3. The van der Waals surface area contributed by atoms with Crippen LogP contribution in [0.25, 0.3) is 0 Å². The SMILES string of the molecule is O=C(NNC(=O)[C@H]1CC[C@H]2CN1C(=O)N2OS(=O)(=O)O)C1CC1(F)F. The van der Waals surface area contributed by atoms with Crippen LogP contribution in [0.15, 0.2) is 0 Å². The molecule has 3 fully saturated rings. The second-order valence-electron chi connectivity index (χ2n) is 6.01. The summed E-state index contributed by atoms with van der Waals surface area (Å²) in [4.78, 5) is 36.6. The third-order valence-electron chi connectivity index (χ3n) is 4.25. The molecule has 1 unspecified atom stereocenters. The molecule has 14 heteroatoms. The first-order chi connectivity index (χ1) is 11.5. The highest BCUT2D eigenvalue weighted by Crippen LogP contribution is 2.48. The molecule has 1 saturated carbocycles. The van der Waals surface area contributed by atoms with Crippen molar-refractivity contribution >= 4 is 28.2 Å². The molecule has 0 aromatic heterocycles. The highest BCUT2D eigenvalue weighted by molar-refractivity contribution is 7.80. The Morgan fingerprint density at radius 3 is 2.40 bits per heavy atom. The lowest BCUT2D eigenvalue weighted by atomic mass is 10.0. The van der Waals surface area contributed by atoms with Gasteiger partial charge in [-0.1, -0.05) is 0 Å². The molecule has 140 valence electrons. The zero-order valence-electron chi connectivity index (χ0n) is 12.5. The van der Waals surface area contributed by atoms with Crippen molar-refractivity contribution in [1.29, 1.82) is 0 Å². The van der Waals surface area contributed by atoms with Gasteiger partial charge in [-0.25, -0.2) is 13.6 Å². The fourth-order valence-corrected chi connectivity index (χ4v) is 3.28. The van der Waals surface area contributed by atoms with E-state index < -0.39 is 58.6 Å². The molecule has 3 aliphatic rings. The number of hydrogen-bond donors (Lipinski definition) is 3. The minimum atomic E-state index is -4.90. The van der Waals surface area contributed by atoms with Crippen LogP contribution in [0.3, 0.4) is 0 Å². The Bertz CT molecular complexity index is 730. The molecule has 25 heavy (non-hydrogen) atoms. The van der Waals surface area contributed by atoms with Crippen molar-refractivity contribution in [3.05, 3.63) is 0 Å². The average Bonchev–Trinajstić information content (AvgIpc) is 3.10. The molecule has 3 atom stereocenters. The predicted octanol–water partition coefficient (Wildman–Crippen LogP) is -1.21.